The van der Waals surface area contributed by atoms with E-state index in [2.05, 4.69) is 10.2 Å². The summed E-state index contributed by atoms with van der Waals surface area (Å²) in [6.45, 7) is 4.02. The molecule has 38 heavy (non-hydrogen) atoms. The lowest BCUT2D eigenvalue weighted by Crippen LogP contribution is -2.03. The molecular weight excluding hydrogens is 512 g/mol. The zero-order valence-electron chi connectivity index (χ0n) is 21.0. The molecule has 0 saturated carbocycles. The molecule has 2 aromatic carbocycles. The number of benzene rings is 2. The van der Waals surface area contributed by atoms with Crippen molar-refractivity contribution in [2.75, 3.05) is 14.2 Å². The van der Waals surface area contributed by atoms with Gasteiger partial charge in [0.25, 0.3) is 5.69 Å². The molecule has 0 bridgehead atoms. The van der Waals surface area contributed by atoms with Gasteiger partial charge in [-0.3, -0.25) is 10.1 Å². The van der Waals surface area contributed by atoms with Crippen LogP contribution >= 0.6 is 11.8 Å². The highest BCUT2D eigenvalue weighted by Crippen LogP contribution is 2.35. The maximum absolute atomic E-state index is 12.1. The molecule has 196 valence electrons. The molecule has 0 aliphatic rings. The van der Waals surface area contributed by atoms with Crippen LogP contribution in [0, 0.1) is 17.0 Å². The summed E-state index contributed by atoms with van der Waals surface area (Å²) >= 11 is 0.932. The number of thioether (sulfide) groups is 1. The van der Waals surface area contributed by atoms with Crippen LogP contribution in [0.5, 0.6) is 11.5 Å². The summed E-state index contributed by atoms with van der Waals surface area (Å²) in [4.78, 5) is 22.9. The van der Waals surface area contributed by atoms with Gasteiger partial charge in [-0.15, -0.1) is 10.2 Å². The normalized spacial score (nSPS) is 11.4. The van der Waals surface area contributed by atoms with Crippen molar-refractivity contribution < 1.29 is 28.7 Å². The number of aliphatic carboxylic acids is 1. The van der Waals surface area contributed by atoms with Crippen LogP contribution in [0.1, 0.15) is 18.2 Å². The smallest absolute Gasteiger partial charge is 0.342 e. The number of hydrogen-bond donors (Lipinski definition) is 1. The van der Waals surface area contributed by atoms with Crippen LogP contribution in [-0.2, 0) is 11.3 Å². The van der Waals surface area contributed by atoms with Crippen molar-refractivity contribution in [3.63, 3.8) is 0 Å². The number of carboxylic acid groups (broad SMARTS) is 1. The Bertz CT molecular complexity index is 1520. The van der Waals surface area contributed by atoms with Gasteiger partial charge in [-0.1, -0.05) is 12.1 Å². The molecule has 2 aromatic heterocycles. The van der Waals surface area contributed by atoms with E-state index in [1.54, 1.807) is 68.2 Å². The highest BCUT2D eigenvalue weighted by Gasteiger charge is 2.21. The van der Waals surface area contributed by atoms with Crippen LogP contribution in [0.15, 0.2) is 63.0 Å². The summed E-state index contributed by atoms with van der Waals surface area (Å²) in [6, 6.07) is 13.3. The van der Waals surface area contributed by atoms with Gasteiger partial charge in [0.2, 0.25) is 0 Å². The van der Waals surface area contributed by atoms with Crippen LogP contribution in [0.25, 0.3) is 28.8 Å². The number of methoxy groups -OCH3 is 2. The fourth-order valence-corrected chi connectivity index (χ4v) is 4.69. The van der Waals surface area contributed by atoms with Gasteiger partial charge in [-0.2, -0.15) is 0 Å². The molecule has 0 atom stereocenters. The van der Waals surface area contributed by atoms with E-state index < -0.39 is 10.9 Å². The average Bonchev–Trinajstić information content (AvgIpc) is 3.54. The number of nitro groups is 1. The number of carbonyl (C=O) groups is 1. The number of rotatable bonds is 10. The van der Waals surface area contributed by atoms with Crippen LogP contribution in [0.3, 0.4) is 0 Å². The van der Waals surface area contributed by atoms with Crippen LogP contribution in [0.4, 0.5) is 5.69 Å². The van der Waals surface area contributed by atoms with Gasteiger partial charge in [0, 0.05) is 41.4 Å². The minimum Gasteiger partial charge on any atom is -0.497 e. The molecule has 0 aliphatic carbocycles. The number of nitrogens with zero attached hydrogens (tertiary/aromatic N) is 4. The summed E-state index contributed by atoms with van der Waals surface area (Å²) in [5.41, 5.74) is 1.67. The van der Waals surface area contributed by atoms with Crippen LogP contribution in [0.2, 0.25) is 0 Å². The summed E-state index contributed by atoms with van der Waals surface area (Å²) in [7, 11) is 3.10. The molecule has 12 heteroatoms. The third kappa shape index (κ3) is 5.39. The number of hydrogen-bond acceptors (Lipinski definition) is 9. The zero-order chi connectivity index (χ0) is 27.4. The first-order valence-electron chi connectivity index (χ1n) is 11.4. The quantitative estimate of drug-likeness (QED) is 0.116. The molecule has 0 spiro atoms. The van der Waals surface area contributed by atoms with E-state index in [0.29, 0.717) is 51.5 Å². The first-order chi connectivity index (χ1) is 18.2. The molecule has 0 saturated heterocycles. The second kappa shape index (κ2) is 11.2. The van der Waals surface area contributed by atoms with E-state index in [0.717, 1.165) is 11.8 Å². The minimum absolute atomic E-state index is 0.0267. The number of aromatic nitrogens is 3. The van der Waals surface area contributed by atoms with Gasteiger partial charge in [0.1, 0.15) is 27.9 Å². The molecule has 0 unspecified atom stereocenters. The molecule has 0 radical (unpaired) electrons. The van der Waals surface area contributed by atoms with Gasteiger partial charge in [-0.05, 0) is 49.9 Å². The average molecular weight is 537 g/mol. The third-order valence-electron chi connectivity index (χ3n) is 5.72. The Labute approximate surface area is 221 Å². The van der Waals surface area contributed by atoms with Crippen molar-refractivity contribution in [1.82, 2.24) is 14.8 Å². The summed E-state index contributed by atoms with van der Waals surface area (Å²) in [6.07, 6.45) is 1.38. The van der Waals surface area contributed by atoms with Crippen LogP contribution in [-0.4, -0.2) is 45.0 Å². The first-order valence-corrected chi connectivity index (χ1v) is 12.2. The van der Waals surface area contributed by atoms with Crippen molar-refractivity contribution in [2.45, 2.75) is 25.5 Å². The minimum atomic E-state index is -1.17. The van der Waals surface area contributed by atoms with Crippen molar-refractivity contribution in [3.05, 3.63) is 74.9 Å². The van der Waals surface area contributed by atoms with E-state index in [1.165, 1.54) is 12.1 Å². The highest BCUT2D eigenvalue weighted by atomic mass is 32.2. The SMILES string of the molecule is CCn1c(S/C(=C\c2ccc(-c3cccc([N+](=O)[O-])c3C)o2)C(=O)O)nnc1-c1cc(OC)cc(OC)c1. The fourth-order valence-electron chi connectivity index (χ4n) is 3.83. The molecule has 0 aliphatic heterocycles. The van der Waals surface area contributed by atoms with Crippen molar-refractivity contribution >= 4 is 29.5 Å². The van der Waals surface area contributed by atoms with Crippen molar-refractivity contribution in [2.24, 2.45) is 0 Å². The van der Waals surface area contributed by atoms with E-state index in [4.69, 9.17) is 13.9 Å². The van der Waals surface area contributed by atoms with Gasteiger partial charge in [0.15, 0.2) is 11.0 Å². The molecule has 0 amide bonds. The standard InChI is InChI=1S/C26H24N4O7S/c1-5-29-24(16-11-18(35-3)13-19(12-16)36-4)27-28-26(29)38-23(25(31)32)14-17-9-10-22(37-17)20-7-6-8-21(15(20)2)30(33)34/h6-14H,5H2,1-4H3,(H,31,32)/b23-14-. The lowest BCUT2D eigenvalue weighted by molar-refractivity contribution is -0.385. The number of furan rings is 1. The molecule has 4 aromatic rings. The first kappa shape index (κ1) is 26.5. The van der Waals surface area contributed by atoms with E-state index in [1.807, 2.05) is 6.92 Å². The van der Waals surface area contributed by atoms with E-state index in [9.17, 15) is 20.0 Å². The Morgan fingerprint density at radius 2 is 1.87 bits per heavy atom. The molecule has 2 heterocycles. The van der Waals surface area contributed by atoms with E-state index >= 15 is 0 Å². The van der Waals surface area contributed by atoms with Crippen molar-refractivity contribution in [1.29, 1.82) is 0 Å². The lowest BCUT2D eigenvalue weighted by Gasteiger charge is -2.10. The monoisotopic (exact) mass is 536 g/mol. The molecule has 0 fully saturated rings. The fraction of sp³-hybridized carbons (Fsp3) is 0.192. The number of ether oxygens (including phenoxy) is 2. The van der Waals surface area contributed by atoms with Gasteiger partial charge >= 0.3 is 5.97 Å². The number of carboxylic acids is 1. The van der Waals surface area contributed by atoms with Gasteiger partial charge in [0.05, 0.1) is 19.1 Å². The highest BCUT2D eigenvalue weighted by molar-refractivity contribution is 8.04. The lowest BCUT2D eigenvalue weighted by atomic mass is 10.1. The predicted octanol–water partition coefficient (Wildman–Crippen LogP) is 5.68. The Morgan fingerprint density at radius 1 is 1.16 bits per heavy atom. The summed E-state index contributed by atoms with van der Waals surface area (Å²) in [5, 5.41) is 30.1. The van der Waals surface area contributed by atoms with E-state index in [-0.39, 0.29) is 16.4 Å². The molecule has 4 rings (SSSR count). The van der Waals surface area contributed by atoms with Crippen molar-refractivity contribution in [3.8, 4) is 34.2 Å². The molecular formula is C26H24N4O7S. The number of nitro benzene ring substituents is 1. The Balaban J connectivity index is 1.67. The maximum Gasteiger partial charge on any atom is 0.342 e. The van der Waals surface area contributed by atoms with Gasteiger partial charge < -0.3 is 23.6 Å². The second-order valence-electron chi connectivity index (χ2n) is 7.98. The zero-order valence-corrected chi connectivity index (χ0v) is 21.8. The molecule has 1 N–H and O–H groups in total. The van der Waals surface area contributed by atoms with Gasteiger partial charge in [-0.25, -0.2) is 4.79 Å². The topological polar surface area (TPSA) is 143 Å². The maximum atomic E-state index is 12.1. The Hall–Kier alpha value is -4.58. The largest absolute Gasteiger partial charge is 0.497 e. The second-order valence-corrected chi connectivity index (χ2v) is 8.99. The van der Waals surface area contributed by atoms with Crippen LogP contribution < -0.4 is 9.47 Å². The summed E-state index contributed by atoms with van der Waals surface area (Å²) < 4.78 is 18.3. The Morgan fingerprint density at radius 3 is 2.47 bits per heavy atom. The molecule has 11 nitrogen and oxygen atoms in total. The predicted molar refractivity (Wildman–Crippen MR) is 141 cm³/mol. The Kier molecular flexibility index (Phi) is 7.82. The summed E-state index contributed by atoms with van der Waals surface area (Å²) in [5.74, 6) is 1.18. The third-order valence-corrected chi connectivity index (χ3v) is 6.72.